The summed E-state index contributed by atoms with van der Waals surface area (Å²) in [6.07, 6.45) is 9.61. The van der Waals surface area contributed by atoms with E-state index in [1.165, 1.54) is 44.9 Å². The lowest BCUT2D eigenvalue weighted by molar-refractivity contribution is 0.566. The van der Waals surface area contributed by atoms with Crippen LogP contribution in [0, 0.1) is 0 Å². The molecule has 0 bridgehead atoms. The second-order valence-corrected chi connectivity index (χ2v) is 4.49. The second-order valence-electron chi connectivity index (χ2n) is 4.49. The highest BCUT2D eigenvalue weighted by Crippen LogP contribution is 2.05. The molecule has 0 amide bonds. The highest BCUT2D eigenvalue weighted by atomic mass is 15.0. The number of unbranched alkanes of at least 4 members (excludes halogenated alkanes) is 6. The van der Waals surface area contributed by atoms with Crippen molar-refractivity contribution < 1.29 is 0 Å². The van der Waals surface area contributed by atoms with Gasteiger partial charge in [0, 0.05) is 12.4 Å². The zero-order valence-electron chi connectivity index (χ0n) is 14.4. The molecule has 6 N–H and O–H groups in total. The van der Waals surface area contributed by atoms with Gasteiger partial charge in [-0.05, 0) is 19.9 Å². The van der Waals surface area contributed by atoms with Gasteiger partial charge < -0.3 is 22.1 Å². The lowest BCUT2D eigenvalue weighted by atomic mass is 10.1. The molecule has 0 rings (SSSR count). The van der Waals surface area contributed by atoms with Crippen LogP contribution in [0.5, 0.6) is 0 Å². The molecule has 4 nitrogen and oxygen atoms in total. The number of hydrogen-bond donors (Lipinski definition) is 4. The minimum atomic E-state index is 0.481. The van der Waals surface area contributed by atoms with Gasteiger partial charge in [0.15, 0.2) is 0 Å². The van der Waals surface area contributed by atoms with Crippen molar-refractivity contribution >= 4 is 0 Å². The molecule has 4 heteroatoms. The van der Waals surface area contributed by atoms with E-state index in [0.29, 0.717) is 13.3 Å². The molecule has 0 atom stereocenters. The number of allylic oxidation sites excluding steroid dienone is 1. The normalized spacial score (nSPS) is 8.90. The monoisotopic (exact) mass is 288 g/mol. The Labute approximate surface area is 127 Å². The van der Waals surface area contributed by atoms with Crippen molar-refractivity contribution in [3.8, 4) is 0 Å². The molecular formula is C16H40N4. The summed E-state index contributed by atoms with van der Waals surface area (Å²) in [4.78, 5) is 0. The highest BCUT2D eigenvalue weighted by Gasteiger charge is 1.89. The molecule has 0 heterocycles. The van der Waals surface area contributed by atoms with E-state index >= 15 is 0 Å². The Kier molecular flexibility index (Phi) is 32.8. The largest absolute Gasteiger partial charge is 0.377 e. The first-order chi connectivity index (χ1) is 9.68. The zero-order chi connectivity index (χ0) is 16.1. The first-order valence-electron chi connectivity index (χ1n) is 8.19. The van der Waals surface area contributed by atoms with Crippen molar-refractivity contribution in [2.75, 3.05) is 19.9 Å². The zero-order valence-corrected chi connectivity index (χ0v) is 14.4. The molecule has 0 aliphatic rings. The minimum Gasteiger partial charge on any atom is -0.377 e. The fraction of sp³-hybridized carbons (Fsp3) is 0.875. The third kappa shape index (κ3) is 36.0. The number of rotatable bonds is 11. The summed E-state index contributed by atoms with van der Waals surface area (Å²) in [7, 11) is 0. The fourth-order valence-electron chi connectivity index (χ4n) is 1.48. The Morgan fingerprint density at radius 3 is 1.75 bits per heavy atom. The first kappa shape index (κ1) is 24.4. The van der Waals surface area contributed by atoms with Crippen molar-refractivity contribution in [3.05, 3.63) is 12.3 Å². The van der Waals surface area contributed by atoms with Crippen molar-refractivity contribution in [1.29, 1.82) is 0 Å². The van der Waals surface area contributed by atoms with E-state index in [2.05, 4.69) is 24.1 Å². The average molecular weight is 289 g/mol. The smallest absolute Gasteiger partial charge is 0.0624 e. The molecule has 124 valence electrons. The summed E-state index contributed by atoms with van der Waals surface area (Å²) in [5, 5.41) is 5.92. The van der Waals surface area contributed by atoms with E-state index in [0.717, 1.165) is 12.2 Å². The molecule has 0 unspecified atom stereocenters. The average Bonchev–Trinajstić information content (AvgIpc) is 2.45. The summed E-state index contributed by atoms with van der Waals surface area (Å²) in [5.74, 6) is 0. The first-order valence-corrected chi connectivity index (χ1v) is 8.19. The van der Waals surface area contributed by atoms with E-state index in [4.69, 9.17) is 11.5 Å². The van der Waals surface area contributed by atoms with E-state index in [1.54, 1.807) is 0 Å². The summed E-state index contributed by atoms with van der Waals surface area (Å²) >= 11 is 0. The van der Waals surface area contributed by atoms with Crippen molar-refractivity contribution in [3.63, 3.8) is 0 Å². The summed E-state index contributed by atoms with van der Waals surface area (Å²) in [6, 6.07) is 0. The van der Waals surface area contributed by atoms with Gasteiger partial charge in [0.2, 0.25) is 0 Å². The summed E-state index contributed by atoms with van der Waals surface area (Å²) in [5.41, 5.74) is 11.3. The molecule has 0 aromatic rings. The van der Waals surface area contributed by atoms with Crippen LogP contribution in [0.4, 0.5) is 0 Å². The third-order valence-corrected chi connectivity index (χ3v) is 2.51. The second kappa shape index (κ2) is 26.9. The molecule has 0 spiro atoms. The maximum Gasteiger partial charge on any atom is 0.0624 e. The van der Waals surface area contributed by atoms with Gasteiger partial charge in [0.1, 0.15) is 0 Å². The standard InChI is InChI=1S/C10H24N2.C4H10N2.C2H6/c1-2-3-4-5-6-7-8-9-12-10-11;1-4(2)6-3-5;1-2/h12H,2-11H2,1H3;6H,1,3,5H2,2H3;1-2H3. The molecule has 0 aromatic heterocycles. The van der Waals surface area contributed by atoms with Crippen LogP contribution in [0.3, 0.4) is 0 Å². The van der Waals surface area contributed by atoms with E-state index in [9.17, 15) is 0 Å². The van der Waals surface area contributed by atoms with E-state index < -0.39 is 0 Å². The molecule has 0 fully saturated rings. The van der Waals surface area contributed by atoms with Crippen LogP contribution in [0.25, 0.3) is 0 Å². The fourth-order valence-corrected chi connectivity index (χ4v) is 1.48. The SMILES string of the molecule is C=C(C)NCN.CC.CCCCCCCCCNCN. The lowest BCUT2D eigenvalue weighted by Gasteiger charge is -2.01. The van der Waals surface area contributed by atoms with Gasteiger partial charge >= 0.3 is 0 Å². The van der Waals surface area contributed by atoms with Gasteiger partial charge in [0.25, 0.3) is 0 Å². The van der Waals surface area contributed by atoms with E-state index in [1.807, 2.05) is 20.8 Å². The molecular weight excluding hydrogens is 248 g/mol. The third-order valence-electron chi connectivity index (χ3n) is 2.51. The van der Waals surface area contributed by atoms with Crippen LogP contribution in [-0.2, 0) is 0 Å². The van der Waals surface area contributed by atoms with Crippen LogP contribution in [0.1, 0.15) is 72.6 Å². The Morgan fingerprint density at radius 1 is 0.900 bits per heavy atom. The van der Waals surface area contributed by atoms with Crippen LogP contribution in [-0.4, -0.2) is 19.9 Å². The highest BCUT2D eigenvalue weighted by molar-refractivity contribution is 4.82. The molecule has 0 saturated heterocycles. The van der Waals surface area contributed by atoms with Gasteiger partial charge in [-0.15, -0.1) is 0 Å². The van der Waals surface area contributed by atoms with Crippen LogP contribution >= 0.6 is 0 Å². The lowest BCUT2D eigenvalue weighted by Crippen LogP contribution is -2.23. The summed E-state index contributed by atoms with van der Waals surface area (Å²) < 4.78 is 0. The molecule has 0 saturated carbocycles. The number of nitrogens with two attached hydrogens (primary N) is 2. The topological polar surface area (TPSA) is 76.1 Å². The van der Waals surface area contributed by atoms with Crippen LogP contribution in [0.15, 0.2) is 12.3 Å². The minimum absolute atomic E-state index is 0.481. The Hall–Kier alpha value is -0.580. The molecule has 0 aromatic carbocycles. The van der Waals surface area contributed by atoms with Gasteiger partial charge in [-0.1, -0.05) is 65.9 Å². The quantitative estimate of drug-likeness (QED) is 0.347. The molecule has 0 aliphatic carbocycles. The van der Waals surface area contributed by atoms with Gasteiger partial charge in [-0.25, -0.2) is 0 Å². The molecule has 20 heavy (non-hydrogen) atoms. The Balaban J connectivity index is -0.000000304. The molecule has 0 aliphatic heterocycles. The maximum absolute atomic E-state index is 5.30. The van der Waals surface area contributed by atoms with Gasteiger partial charge in [0.05, 0.1) is 6.67 Å². The Bertz CT molecular complexity index is 151. The number of nitrogens with one attached hydrogen (secondary N) is 2. The number of hydrogen-bond acceptors (Lipinski definition) is 4. The van der Waals surface area contributed by atoms with Gasteiger partial charge in [-0.3, -0.25) is 0 Å². The van der Waals surface area contributed by atoms with Crippen LogP contribution in [0.2, 0.25) is 0 Å². The Morgan fingerprint density at radius 2 is 1.40 bits per heavy atom. The molecule has 0 radical (unpaired) electrons. The van der Waals surface area contributed by atoms with Crippen molar-refractivity contribution in [2.45, 2.75) is 72.6 Å². The van der Waals surface area contributed by atoms with E-state index in [-0.39, 0.29) is 0 Å². The van der Waals surface area contributed by atoms with Gasteiger partial charge in [-0.2, -0.15) is 0 Å². The summed E-state index contributed by atoms with van der Waals surface area (Å²) in [6.45, 7) is 13.9. The maximum atomic E-state index is 5.30. The van der Waals surface area contributed by atoms with Crippen LogP contribution < -0.4 is 22.1 Å². The van der Waals surface area contributed by atoms with Crippen molar-refractivity contribution in [1.82, 2.24) is 10.6 Å². The predicted molar refractivity (Wildman–Crippen MR) is 93.4 cm³/mol. The predicted octanol–water partition coefficient (Wildman–Crippen LogP) is 3.29. The van der Waals surface area contributed by atoms with Crippen molar-refractivity contribution in [2.24, 2.45) is 11.5 Å².